The van der Waals surface area contributed by atoms with Gasteiger partial charge < -0.3 is 4.90 Å². The molecule has 2 atom stereocenters. The molecule has 0 aromatic rings. The molecule has 0 saturated carbocycles. The molecule has 0 radical (unpaired) electrons. The molecule has 1 heterocycles. The largest absolute Gasteiger partial charge is 0.361 e. The van der Waals surface area contributed by atoms with Crippen molar-refractivity contribution in [3.8, 4) is 0 Å². The summed E-state index contributed by atoms with van der Waals surface area (Å²) in [4.78, 5) is 2.17. The van der Waals surface area contributed by atoms with Crippen molar-refractivity contribution in [2.45, 2.75) is 27.2 Å². The molecule has 1 fully saturated rings. The molecule has 0 amide bonds. The standard InChI is InChI=1S/C9H18N2/c1-7-4-5-11(9(3)10)6-8(7)2/h7-8,10H,4-6H2,1-3H3. The highest BCUT2D eigenvalue weighted by atomic mass is 15.2. The molecule has 1 N–H and O–H groups in total. The summed E-state index contributed by atoms with van der Waals surface area (Å²) in [5.74, 6) is 2.32. The Hall–Kier alpha value is -0.530. The first kappa shape index (κ1) is 8.57. The van der Waals surface area contributed by atoms with Crippen LogP contribution in [0.5, 0.6) is 0 Å². The van der Waals surface area contributed by atoms with Gasteiger partial charge in [0.15, 0.2) is 0 Å². The van der Waals surface area contributed by atoms with Gasteiger partial charge in [-0.1, -0.05) is 13.8 Å². The lowest BCUT2D eigenvalue weighted by molar-refractivity contribution is 0.203. The number of nitrogens with zero attached hydrogens (tertiary/aromatic N) is 1. The average molecular weight is 154 g/mol. The number of rotatable bonds is 0. The zero-order valence-corrected chi connectivity index (χ0v) is 7.72. The molecule has 64 valence electrons. The summed E-state index contributed by atoms with van der Waals surface area (Å²) in [7, 11) is 0. The van der Waals surface area contributed by atoms with E-state index in [-0.39, 0.29) is 0 Å². The molecule has 1 rings (SSSR count). The number of likely N-dealkylation sites (tertiary alicyclic amines) is 1. The van der Waals surface area contributed by atoms with Gasteiger partial charge in [-0.3, -0.25) is 5.41 Å². The van der Waals surface area contributed by atoms with E-state index in [1.807, 2.05) is 6.92 Å². The van der Waals surface area contributed by atoms with Gasteiger partial charge in [0.1, 0.15) is 0 Å². The van der Waals surface area contributed by atoms with Crippen molar-refractivity contribution < 1.29 is 0 Å². The lowest BCUT2D eigenvalue weighted by atomic mass is 9.89. The minimum Gasteiger partial charge on any atom is -0.361 e. The summed E-state index contributed by atoms with van der Waals surface area (Å²) < 4.78 is 0. The van der Waals surface area contributed by atoms with E-state index in [1.165, 1.54) is 6.42 Å². The highest BCUT2D eigenvalue weighted by Crippen LogP contribution is 2.22. The lowest BCUT2D eigenvalue weighted by Crippen LogP contribution is -2.40. The first-order valence-electron chi connectivity index (χ1n) is 4.41. The van der Waals surface area contributed by atoms with Crippen LogP contribution in [-0.2, 0) is 0 Å². The molecule has 0 bridgehead atoms. The van der Waals surface area contributed by atoms with E-state index in [2.05, 4.69) is 18.7 Å². The monoisotopic (exact) mass is 154 g/mol. The second-order valence-electron chi connectivity index (χ2n) is 3.77. The van der Waals surface area contributed by atoms with Crippen LogP contribution in [0.3, 0.4) is 0 Å². The molecule has 0 aromatic heterocycles. The predicted molar refractivity (Wildman–Crippen MR) is 47.9 cm³/mol. The van der Waals surface area contributed by atoms with Crippen LogP contribution in [0.2, 0.25) is 0 Å². The molecule has 2 unspecified atom stereocenters. The molecule has 0 aromatic carbocycles. The fourth-order valence-electron chi connectivity index (χ4n) is 1.57. The smallest absolute Gasteiger partial charge is 0.0925 e. The fraction of sp³-hybridized carbons (Fsp3) is 0.889. The molecular formula is C9H18N2. The highest BCUT2D eigenvalue weighted by Gasteiger charge is 2.22. The van der Waals surface area contributed by atoms with Crippen LogP contribution in [0.15, 0.2) is 0 Å². The van der Waals surface area contributed by atoms with Crippen molar-refractivity contribution in [3.05, 3.63) is 0 Å². The van der Waals surface area contributed by atoms with Gasteiger partial charge in [0.2, 0.25) is 0 Å². The summed E-state index contributed by atoms with van der Waals surface area (Å²) in [6.07, 6.45) is 1.25. The van der Waals surface area contributed by atoms with E-state index >= 15 is 0 Å². The highest BCUT2D eigenvalue weighted by molar-refractivity contribution is 5.76. The van der Waals surface area contributed by atoms with E-state index < -0.39 is 0 Å². The molecule has 1 aliphatic heterocycles. The second kappa shape index (κ2) is 3.24. The third kappa shape index (κ3) is 1.95. The third-order valence-corrected chi connectivity index (χ3v) is 2.81. The molecule has 2 heteroatoms. The Morgan fingerprint density at radius 3 is 2.45 bits per heavy atom. The lowest BCUT2D eigenvalue weighted by Gasteiger charge is -2.35. The number of piperidine rings is 1. The summed E-state index contributed by atoms with van der Waals surface area (Å²) in [5.41, 5.74) is 0. The molecule has 1 saturated heterocycles. The van der Waals surface area contributed by atoms with E-state index in [9.17, 15) is 0 Å². The van der Waals surface area contributed by atoms with Crippen molar-refractivity contribution in [1.82, 2.24) is 4.90 Å². The van der Waals surface area contributed by atoms with Crippen LogP contribution < -0.4 is 0 Å². The zero-order chi connectivity index (χ0) is 8.43. The van der Waals surface area contributed by atoms with Gasteiger partial charge in [-0.25, -0.2) is 0 Å². The normalized spacial score (nSPS) is 32.1. The van der Waals surface area contributed by atoms with Gasteiger partial charge in [0, 0.05) is 13.1 Å². The summed E-state index contributed by atoms with van der Waals surface area (Å²) >= 11 is 0. The average Bonchev–Trinajstić information content (AvgIpc) is 1.94. The van der Waals surface area contributed by atoms with Crippen LogP contribution in [0.4, 0.5) is 0 Å². The van der Waals surface area contributed by atoms with Crippen LogP contribution in [0.1, 0.15) is 27.2 Å². The van der Waals surface area contributed by atoms with Gasteiger partial charge in [-0.15, -0.1) is 0 Å². The summed E-state index contributed by atoms with van der Waals surface area (Å²) in [6.45, 7) is 8.63. The topological polar surface area (TPSA) is 27.1 Å². The van der Waals surface area contributed by atoms with Crippen molar-refractivity contribution in [1.29, 1.82) is 5.41 Å². The summed E-state index contributed by atoms with van der Waals surface area (Å²) in [6, 6.07) is 0. The quantitative estimate of drug-likeness (QED) is 0.419. The molecule has 2 nitrogen and oxygen atoms in total. The fourth-order valence-corrected chi connectivity index (χ4v) is 1.57. The molecule has 0 spiro atoms. The van der Waals surface area contributed by atoms with E-state index in [1.54, 1.807) is 0 Å². The third-order valence-electron chi connectivity index (χ3n) is 2.81. The van der Waals surface area contributed by atoms with Crippen molar-refractivity contribution in [2.24, 2.45) is 11.8 Å². The Morgan fingerprint density at radius 1 is 1.36 bits per heavy atom. The number of amidine groups is 1. The van der Waals surface area contributed by atoms with Crippen LogP contribution in [-0.4, -0.2) is 23.8 Å². The maximum Gasteiger partial charge on any atom is 0.0925 e. The van der Waals surface area contributed by atoms with Crippen molar-refractivity contribution in [3.63, 3.8) is 0 Å². The Morgan fingerprint density at radius 2 is 2.00 bits per heavy atom. The minimum atomic E-state index is 0.726. The van der Waals surface area contributed by atoms with Gasteiger partial charge in [0.25, 0.3) is 0 Å². The molecule has 11 heavy (non-hydrogen) atoms. The molecule has 0 aliphatic carbocycles. The van der Waals surface area contributed by atoms with E-state index in [0.717, 1.165) is 30.8 Å². The minimum absolute atomic E-state index is 0.726. The van der Waals surface area contributed by atoms with Crippen molar-refractivity contribution >= 4 is 5.84 Å². The van der Waals surface area contributed by atoms with Crippen LogP contribution >= 0.6 is 0 Å². The maximum absolute atomic E-state index is 7.47. The Labute approximate surface area is 69.1 Å². The summed E-state index contributed by atoms with van der Waals surface area (Å²) in [5, 5.41) is 7.47. The number of hydrogen-bond acceptors (Lipinski definition) is 1. The first-order chi connectivity index (χ1) is 5.11. The molecular weight excluding hydrogens is 136 g/mol. The Kier molecular flexibility index (Phi) is 2.53. The Bertz CT molecular complexity index is 154. The predicted octanol–water partition coefficient (Wildman–Crippen LogP) is 1.96. The van der Waals surface area contributed by atoms with Gasteiger partial charge in [-0.2, -0.15) is 0 Å². The SMILES string of the molecule is CC(=N)N1CCC(C)C(C)C1. The number of nitrogens with one attached hydrogen (secondary N) is 1. The maximum atomic E-state index is 7.47. The van der Waals surface area contributed by atoms with Crippen LogP contribution in [0, 0.1) is 17.2 Å². The zero-order valence-electron chi connectivity index (χ0n) is 7.72. The van der Waals surface area contributed by atoms with E-state index in [0.29, 0.717) is 0 Å². The van der Waals surface area contributed by atoms with Gasteiger partial charge in [0.05, 0.1) is 5.84 Å². The van der Waals surface area contributed by atoms with Crippen LogP contribution in [0.25, 0.3) is 0 Å². The molecule has 1 aliphatic rings. The van der Waals surface area contributed by atoms with Gasteiger partial charge in [-0.05, 0) is 25.2 Å². The first-order valence-corrected chi connectivity index (χ1v) is 4.41. The number of hydrogen-bond donors (Lipinski definition) is 1. The van der Waals surface area contributed by atoms with E-state index in [4.69, 9.17) is 5.41 Å². The Balaban J connectivity index is 2.46. The van der Waals surface area contributed by atoms with Gasteiger partial charge >= 0.3 is 0 Å². The van der Waals surface area contributed by atoms with Crippen molar-refractivity contribution in [2.75, 3.05) is 13.1 Å². The second-order valence-corrected chi connectivity index (χ2v) is 3.77.